The molecular weight excluding hydrogens is 300 g/mol. The van der Waals surface area contributed by atoms with Gasteiger partial charge in [0.2, 0.25) is 0 Å². The lowest BCUT2D eigenvalue weighted by Crippen LogP contribution is -2.44. The van der Waals surface area contributed by atoms with Gasteiger partial charge in [-0.2, -0.15) is 4.90 Å². The van der Waals surface area contributed by atoms with Crippen LogP contribution >= 0.6 is 0 Å². The summed E-state index contributed by atoms with van der Waals surface area (Å²) >= 11 is 0. The molecule has 0 saturated heterocycles. The number of anilines is 1. The van der Waals surface area contributed by atoms with Crippen LogP contribution in [-0.2, 0) is 9.47 Å². The van der Waals surface area contributed by atoms with Crippen LogP contribution in [0.1, 0.15) is 41.5 Å². The normalized spacial score (nSPS) is 11.6. The fourth-order valence-electron chi connectivity index (χ4n) is 1.50. The number of nitrogens with zero attached hydrogens (tertiary/aromatic N) is 2. The van der Waals surface area contributed by atoms with Crippen molar-refractivity contribution in [3.8, 4) is 5.75 Å². The smallest absolute Gasteiger partial charge is 0.425 e. The van der Waals surface area contributed by atoms with E-state index in [-0.39, 0.29) is 5.82 Å². The molecule has 0 saturated carbocycles. The molecule has 0 fully saturated rings. The molecule has 2 amide bonds. The van der Waals surface area contributed by atoms with Gasteiger partial charge >= 0.3 is 12.2 Å². The molecule has 0 N–H and O–H groups in total. The van der Waals surface area contributed by atoms with E-state index >= 15 is 0 Å². The van der Waals surface area contributed by atoms with Gasteiger partial charge < -0.3 is 14.2 Å². The highest BCUT2D eigenvalue weighted by molar-refractivity contribution is 6.08. The topological polar surface area (TPSA) is 78.0 Å². The summed E-state index contributed by atoms with van der Waals surface area (Å²) in [6.45, 7) is 10.2. The van der Waals surface area contributed by atoms with Crippen molar-refractivity contribution >= 4 is 18.0 Å². The molecule has 1 heterocycles. The average molecular weight is 324 g/mol. The Morgan fingerprint density at radius 1 is 0.957 bits per heavy atom. The van der Waals surface area contributed by atoms with Gasteiger partial charge in [-0.15, -0.1) is 0 Å². The van der Waals surface area contributed by atoms with Crippen LogP contribution in [0.25, 0.3) is 0 Å². The zero-order valence-corrected chi connectivity index (χ0v) is 14.7. The molecule has 1 rings (SSSR count). The van der Waals surface area contributed by atoms with E-state index in [1.807, 2.05) is 0 Å². The number of ether oxygens (including phenoxy) is 3. The second-order valence-electron chi connectivity index (χ2n) is 6.85. The van der Waals surface area contributed by atoms with Crippen LogP contribution in [0, 0.1) is 0 Å². The number of imide groups is 1. The lowest BCUT2D eigenvalue weighted by atomic mass is 10.2. The minimum Gasteiger partial charge on any atom is -0.495 e. The Labute approximate surface area is 136 Å². The molecular formula is C16H24N2O5. The quantitative estimate of drug-likeness (QED) is 0.824. The van der Waals surface area contributed by atoms with Crippen molar-refractivity contribution in [1.82, 2.24) is 4.98 Å². The Hall–Kier alpha value is -2.31. The molecule has 0 atom stereocenters. The van der Waals surface area contributed by atoms with E-state index in [4.69, 9.17) is 14.2 Å². The molecule has 0 aliphatic carbocycles. The molecule has 1 aromatic heterocycles. The SMILES string of the molecule is COc1ccc(N(C(=O)OC(C)(C)C)C(=O)OC(C)(C)C)nc1. The zero-order chi connectivity index (χ0) is 17.8. The first-order valence-electron chi connectivity index (χ1n) is 7.19. The summed E-state index contributed by atoms with van der Waals surface area (Å²) in [6, 6.07) is 3.07. The van der Waals surface area contributed by atoms with Crippen LogP contribution < -0.4 is 9.64 Å². The summed E-state index contributed by atoms with van der Waals surface area (Å²) in [6.07, 6.45) is -0.314. The number of rotatable bonds is 2. The van der Waals surface area contributed by atoms with Gasteiger partial charge in [0.15, 0.2) is 0 Å². The maximum absolute atomic E-state index is 12.4. The number of carbonyl (C=O) groups is 2. The van der Waals surface area contributed by atoms with Crippen LogP contribution in [0.2, 0.25) is 0 Å². The second-order valence-corrected chi connectivity index (χ2v) is 6.85. The highest BCUT2D eigenvalue weighted by atomic mass is 16.6. The Morgan fingerprint density at radius 3 is 1.74 bits per heavy atom. The van der Waals surface area contributed by atoms with Crippen LogP contribution in [0.3, 0.4) is 0 Å². The van der Waals surface area contributed by atoms with Gasteiger partial charge in [-0.25, -0.2) is 14.6 Å². The molecule has 0 radical (unpaired) electrons. The number of carbonyl (C=O) groups excluding carboxylic acids is 2. The summed E-state index contributed by atoms with van der Waals surface area (Å²) in [5.74, 6) is 0.594. The number of hydrogen-bond donors (Lipinski definition) is 0. The maximum atomic E-state index is 12.4. The van der Waals surface area contributed by atoms with Gasteiger partial charge in [-0.1, -0.05) is 0 Å². The number of aromatic nitrogens is 1. The number of methoxy groups -OCH3 is 1. The molecule has 23 heavy (non-hydrogen) atoms. The third kappa shape index (κ3) is 6.14. The number of hydrogen-bond acceptors (Lipinski definition) is 6. The highest BCUT2D eigenvalue weighted by Gasteiger charge is 2.33. The third-order valence-electron chi connectivity index (χ3n) is 2.34. The van der Waals surface area contributed by atoms with Gasteiger partial charge in [0.05, 0.1) is 13.3 Å². The van der Waals surface area contributed by atoms with Crippen molar-refractivity contribution in [1.29, 1.82) is 0 Å². The Kier molecular flexibility index (Phi) is 5.58. The summed E-state index contributed by atoms with van der Waals surface area (Å²) < 4.78 is 15.5. The van der Waals surface area contributed by atoms with Crippen LogP contribution in [0.15, 0.2) is 18.3 Å². The molecule has 0 spiro atoms. The third-order valence-corrected chi connectivity index (χ3v) is 2.34. The van der Waals surface area contributed by atoms with E-state index in [1.54, 1.807) is 47.6 Å². The van der Waals surface area contributed by atoms with Crippen molar-refractivity contribution in [2.24, 2.45) is 0 Å². The fraction of sp³-hybridized carbons (Fsp3) is 0.562. The monoisotopic (exact) mass is 324 g/mol. The molecule has 7 nitrogen and oxygen atoms in total. The second kappa shape index (κ2) is 6.85. The zero-order valence-electron chi connectivity index (χ0n) is 14.7. The summed E-state index contributed by atoms with van der Waals surface area (Å²) in [5, 5.41) is 0. The molecule has 128 valence electrons. The van der Waals surface area contributed by atoms with Crippen molar-refractivity contribution in [2.75, 3.05) is 12.0 Å². The first kappa shape index (κ1) is 18.7. The number of amides is 2. The predicted molar refractivity (Wildman–Crippen MR) is 85.7 cm³/mol. The van der Waals surface area contributed by atoms with Crippen molar-refractivity contribution < 1.29 is 23.8 Å². The van der Waals surface area contributed by atoms with E-state index in [0.29, 0.717) is 5.75 Å². The van der Waals surface area contributed by atoms with Crippen LogP contribution in [-0.4, -0.2) is 35.5 Å². The largest absolute Gasteiger partial charge is 0.495 e. The average Bonchev–Trinajstić information content (AvgIpc) is 2.35. The minimum absolute atomic E-state index is 0.0919. The Morgan fingerprint density at radius 2 is 1.43 bits per heavy atom. The van der Waals surface area contributed by atoms with Crippen LogP contribution in [0.4, 0.5) is 15.4 Å². The van der Waals surface area contributed by atoms with Crippen molar-refractivity contribution in [3.63, 3.8) is 0 Å². The Bertz CT molecular complexity index is 527. The summed E-state index contributed by atoms with van der Waals surface area (Å²) in [5.41, 5.74) is -1.52. The minimum atomic E-state index is -0.857. The van der Waals surface area contributed by atoms with Gasteiger partial charge in [0, 0.05) is 0 Å². The number of pyridine rings is 1. The van der Waals surface area contributed by atoms with Crippen LogP contribution in [0.5, 0.6) is 5.75 Å². The first-order chi connectivity index (χ1) is 10.4. The van der Waals surface area contributed by atoms with E-state index in [0.717, 1.165) is 4.90 Å². The molecule has 7 heteroatoms. The van der Waals surface area contributed by atoms with E-state index < -0.39 is 23.4 Å². The van der Waals surface area contributed by atoms with Crippen molar-refractivity contribution in [2.45, 2.75) is 52.7 Å². The molecule has 0 unspecified atom stereocenters. The highest BCUT2D eigenvalue weighted by Crippen LogP contribution is 2.21. The van der Waals surface area contributed by atoms with E-state index in [2.05, 4.69) is 4.98 Å². The first-order valence-corrected chi connectivity index (χ1v) is 7.19. The lowest BCUT2D eigenvalue weighted by Gasteiger charge is -2.28. The molecule has 0 aliphatic heterocycles. The van der Waals surface area contributed by atoms with E-state index in [9.17, 15) is 9.59 Å². The maximum Gasteiger partial charge on any atom is 0.425 e. The summed E-state index contributed by atoms with van der Waals surface area (Å²) in [4.78, 5) is 29.6. The molecule has 0 bridgehead atoms. The standard InChI is InChI=1S/C16H24N2O5/c1-15(2,3)22-13(19)18(14(20)23-16(4,5)6)12-9-8-11(21-7)10-17-12/h8-10H,1-7H3. The van der Waals surface area contributed by atoms with Crippen molar-refractivity contribution in [3.05, 3.63) is 18.3 Å². The van der Waals surface area contributed by atoms with Gasteiger partial charge in [0.25, 0.3) is 0 Å². The fourth-order valence-corrected chi connectivity index (χ4v) is 1.50. The van der Waals surface area contributed by atoms with Gasteiger partial charge in [0.1, 0.15) is 22.8 Å². The lowest BCUT2D eigenvalue weighted by molar-refractivity contribution is 0.0429. The molecule has 1 aromatic rings. The molecule has 0 aliphatic rings. The Balaban J connectivity index is 3.14. The van der Waals surface area contributed by atoms with Gasteiger partial charge in [-0.3, -0.25) is 0 Å². The summed E-state index contributed by atoms with van der Waals surface area (Å²) in [7, 11) is 1.50. The van der Waals surface area contributed by atoms with Gasteiger partial charge in [-0.05, 0) is 53.7 Å². The molecule has 0 aromatic carbocycles. The predicted octanol–water partition coefficient (Wildman–Crippen LogP) is 3.77. The van der Waals surface area contributed by atoms with E-state index in [1.165, 1.54) is 19.4 Å².